The fraction of sp³-hybridized carbons (Fsp3) is 0.705. The molecule has 66 heavy (non-hydrogen) atoms. The molecular weight excluding hydrogens is 813 g/mol. The van der Waals surface area contributed by atoms with E-state index in [-0.39, 0.29) is 25.2 Å². The van der Waals surface area contributed by atoms with Crippen molar-refractivity contribution in [2.75, 3.05) is 19.8 Å². The maximum Gasteiger partial charge on any atom is 0.306 e. The van der Waals surface area contributed by atoms with E-state index in [1.807, 2.05) is 0 Å². The van der Waals surface area contributed by atoms with E-state index in [0.717, 1.165) is 109 Å². The summed E-state index contributed by atoms with van der Waals surface area (Å²) in [5.74, 6) is -0.432. The first kappa shape index (κ1) is 62.8. The molecule has 0 aliphatic heterocycles. The third kappa shape index (κ3) is 53.4. The molecule has 0 radical (unpaired) electrons. The fourth-order valence-corrected chi connectivity index (χ4v) is 7.51. The molecule has 0 aromatic heterocycles. The first-order chi connectivity index (χ1) is 32.6. The highest BCUT2D eigenvalue weighted by molar-refractivity contribution is 5.70. The van der Waals surface area contributed by atoms with Crippen molar-refractivity contribution in [1.82, 2.24) is 0 Å². The molecule has 0 aromatic rings. The minimum absolute atomic E-state index is 0.0640. The van der Waals surface area contributed by atoms with E-state index in [0.29, 0.717) is 19.4 Å². The van der Waals surface area contributed by atoms with Crippen molar-refractivity contribution >= 4 is 11.9 Å². The van der Waals surface area contributed by atoms with Crippen molar-refractivity contribution in [2.24, 2.45) is 0 Å². The summed E-state index contributed by atoms with van der Waals surface area (Å²) in [6.07, 6.45) is 75.6. The Kier molecular flexibility index (Phi) is 53.4. The Labute approximate surface area is 409 Å². The number of rotatable bonds is 50. The standard InChI is InChI=1S/C61H104O5/c1-4-7-10-13-16-19-22-25-28-30-32-35-38-41-44-47-50-53-56-64-57-59(66-61(63)55-52-49-46-43-40-37-33-27-24-21-18-15-12-9-6-3)58-65-60(62)54-51-48-45-42-39-36-34-31-29-26-23-20-17-14-11-8-5-2/h7,9-10,12,16,18-19,21,25-29,32-33,35,59H,4-6,8,11,13-15,17,20,22-24,30-31,34,36-58H2,1-3H3/b10-7-,12-9-,19-16-,21-18-,28-25-,29-26-,33-27-,35-32-. The molecule has 0 fully saturated rings. The van der Waals surface area contributed by atoms with Crippen LogP contribution in [0, 0.1) is 0 Å². The summed E-state index contributed by atoms with van der Waals surface area (Å²) in [6, 6.07) is 0. The number of carbonyl (C=O) groups excluding carboxylic acids is 2. The molecule has 0 spiro atoms. The number of esters is 2. The minimum atomic E-state index is -0.563. The van der Waals surface area contributed by atoms with Gasteiger partial charge in [0, 0.05) is 19.4 Å². The van der Waals surface area contributed by atoms with Crippen molar-refractivity contribution < 1.29 is 23.8 Å². The molecule has 0 rings (SSSR count). The summed E-state index contributed by atoms with van der Waals surface area (Å²) in [5.41, 5.74) is 0. The normalized spacial score (nSPS) is 13.0. The maximum atomic E-state index is 12.8. The van der Waals surface area contributed by atoms with Gasteiger partial charge in [-0.25, -0.2) is 0 Å². The Morgan fingerprint density at radius 2 is 0.682 bits per heavy atom. The van der Waals surface area contributed by atoms with E-state index in [4.69, 9.17) is 14.2 Å². The molecule has 5 nitrogen and oxygen atoms in total. The zero-order valence-corrected chi connectivity index (χ0v) is 43.4. The predicted octanol–water partition coefficient (Wildman–Crippen LogP) is 19.0. The molecule has 5 heteroatoms. The summed E-state index contributed by atoms with van der Waals surface area (Å²) in [6.45, 7) is 7.55. The molecular formula is C61H104O5. The van der Waals surface area contributed by atoms with E-state index in [1.54, 1.807) is 0 Å². The third-order valence-corrected chi connectivity index (χ3v) is 11.6. The number of hydrogen-bond acceptors (Lipinski definition) is 5. The molecule has 0 amide bonds. The highest BCUT2D eigenvalue weighted by atomic mass is 16.6. The number of ether oxygens (including phenoxy) is 3. The van der Waals surface area contributed by atoms with Crippen molar-refractivity contribution in [3.8, 4) is 0 Å². The van der Waals surface area contributed by atoms with Gasteiger partial charge in [0.25, 0.3) is 0 Å². The Morgan fingerprint density at radius 3 is 1.11 bits per heavy atom. The van der Waals surface area contributed by atoms with Gasteiger partial charge in [-0.05, 0) is 116 Å². The van der Waals surface area contributed by atoms with Crippen LogP contribution in [0.1, 0.15) is 252 Å². The van der Waals surface area contributed by atoms with Crippen LogP contribution in [0.2, 0.25) is 0 Å². The summed E-state index contributed by atoms with van der Waals surface area (Å²) in [7, 11) is 0. The van der Waals surface area contributed by atoms with Gasteiger partial charge in [-0.2, -0.15) is 0 Å². The zero-order chi connectivity index (χ0) is 47.7. The quantitative estimate of drug-likeness (QED) is 0.0346. The smallest absolute Gasteiger partial charge is 0.306 e. The van der Waals surface area contributed by atoms with Gasteiger partial charge in [-0.1, -0.05) is 221 Å². The molecule has 0 aliphatic rings. The molecule has 378 valence electrons. The van der Waals surface area contributed by atoms with Crippen LogP contribution in [-0.4, -0.2) is 37.9 Å². The third-order valence-electron chi connectivity index (χ3n) is 11.6. The molecule has 0 aliphatic carbocycles. The van der Waals surface area contributed by atoms with Crippen molar-refractivity contribution in [1.29, 1.82) is 0 Å². The van der Waals surface area contributed by atoms with Gasteiger partial charge in [0.1, 0.15) is 6.61 Å². The van der Waals surface area contributed by atoms with Crippen LogP contribution in [0.4, 0.5) is 0 Å². The highest BCUT2D eigenvalue weighted by Crippen LogP contribution is 2.14. The Balaban J connectivity index is 4.35. The van der Waals surface area contributed by atoms with Crippen LogP contribution in [0.5, 0.6) is 0 Å². The number of hydrogen-bond donors (Lipinski definition) is 0. The van der Waals surface area contributed by atoms with Crippen molar-refractivity contribution in [3.63, 3.8) is 0 Å². The van der Waals surface area contributed by atoms with Crippen LogP contribution < -0.4 is 0 Å². The molecule has 0 saturated carbocycles. The summed E-state index contributed by atoms with van der Waals surface area (Å²) < 4.78 is 17.4. The van der Waals surface area contributed by atoms with Gasteiger partial charge in [0.15, 0.2) is 6.10 Å². The molecule has 1 atom stereocenters. The summed E-state index contributed by atoms with van der Waals surface area (Å²) in [4.78, 5) is 25.5. The maximum absolute atomic E-state index is 12.8. The average molecular weight is 917 g/mol. The molecule has 0 N–H and O–H groups in total. The Bertz CT molecular complexity index is 1270. The Hall–Kier alpha value is -3.18. The zero-order valence-electron chi connectivity index (χ0n) is 43.4. The van der Waals surface area contributed by atoms with Gasteiger partial charge in [0.05, 0.1) is 6.61 Å². The van der Waals surface area contributed by atoms with Crippen molar-refractivity contribution in [2.45, 2.75) is 258 Å². The monoisotopic (exact) mass is 917 g/mol. The van der Waals surface area contributed by atoms with E-state index in [9.17, 15) is 9.59 Å². The number of carbonyl (C=O) groups is 2. The lowest BCUT2D eigenvalue weighted by molar-refractivity contribution is -0.163. The first-order valence-electron chi connectivity index (χ1n) is 27.8. The lowest BCUT2D eigenvalue weighted by atomic mass is 10.1. The van der Waals surface area contributed by atoms with E-state index in [2.05, 4.69) is 118 Å². The van der Waals surface area contributed by atoms with Crippen LogP contribution in [-0.2, 0) is 23.8 Å². The van der Waals surface area contributed by atoms with E-state index >= 15 is 0 Å². The van der Waals surface area contributed by atoms with Crippen molar-refractivity contribution in [3.05, 3.63) is 97.2 Å². The first-order valence-corrected chi connectivity index (χ1v) is 27.8. The summed E-state index contributed by atoms with van der Waals surface area (Å²) in [5, 5.41) is 0. The predicted molar refractivity (Wildman–Crippen MR) is 288 cm³/mol. The molecule has 0 saturated heterocycles. The highest BCUT2D eigenvalue weighted by Gasteiger charge is 2.17. The van der Waals surface area contributed by atoms with Crippen LogP contribution in [0.15, 0.2) is 97.2 Å². The molecule has 0 heterocycles. The van der Waals surface area contributed by atoms with Gasteiger partial charge >= 0.3 is 11.9 Å². The van der Waals surface area contributed by atoms with Gasteiger partial charge in [-0.3, -0.25) is 9.59 Å². The number of allylic oxidation sites excluding steroid dienone is 16. The minimum Gasteiger partial charge on any atom is -0.462 e. The second-order valence-corrected chi connectivity index (χ2v) is 18.1. The van der Waals surface area contributed by atoms with E-state index in [1.165, 1.54) is 109 Å². The second kappa shape index (κ2) is 56.1. The summed E-state index contributed by atoms with van der Waals surface area (Å²) >= 11 is 0. The van der Waals surface area contributed by atoms with E-state index < -0.39 is 6.10 Å². The number of unbranched alkanes of at least 4 members (excludes halogenated alkanes) is 23. The lowest BCUT2D eigenvalue weighted by Gasteiger charge is -2.18. The van der Waals surface area contributed by atoms with Gasteiger partial charge < -0.3 is 14.2 Å². The second-order valence-electron chi connectivity index (χ2n) is 18.1. The lowest BCUT2D eigenvalue weighted by Crippen LogP contribution is -2.30. The van der Waals surface area contributed by atoms with Gasteiger partial charge in [0.2, 0.25) is 0 Å². The SMILES string of the molecule is CC/C=C\C/C=C\C/C=C\C/C=C\CCCCCCCOCC(COC(=O)CCCCCCCCC/C=C\CCCCCCCC)OC(=O)CCCCCCC/C=C\C/C=C\C/C=C\CC. The topological polar surface area (TPSA) is 61.8 Å². The Morgan fingerprint density at radius 1 is 0.348 bits per heavy atom. The van der Waals surface area contributed by atoms with Crippen LogP contribution in [0.25, 0.3) is 0 Å². The molecule has 0 bridgehead atoms. The average Bonchev–Trinajstić information content (AvgIpc) is 3.32. The largest absolute Gasteiger partial charge is 0.462 e. The van der Waals surface area contributed by atoms with Crippen LogP contribution >= 0.6 is 0 Å². The molecule has 1 unspecified atom stereocenters. The fourth-order valence-electron chi connectivity index (χ4n) is 7.51. The van der Waals surface area contributed by atoms with Gasteiger partial charge in [-0.15, -0.1) is 0 Å². The van der Waals surface area contributed by atoms with Crippen LogP contribution in [0.3, 0.4) is 0 Å². The molecule has 0 aromatic carbocycles.